The monoisotopic (exact) mass is 299 g/mol. The summed E-state index contributed by atoms with van der Waals surface area (Å²) in [6, 6.07) is 13.9. The molecule has 0 aromatic heterocycles. The Morgan fingerprint density at radius 2 is 1.67 bits per heavy atom. The van der Waals surface area contributed by atoms with Crippen molar-refractivity contribution in [1.82, 2.24) is 0 Å². The standard InChI is InChI=1S/C18H21NOS/c1-12-5-10-15(18(2,3)4)16(11-12)20-14-8-6-13(7-9-14)17(19)21/h5-11H,1-4H3,(H2,19,21). The van der Waals surface area contributed by atoms with E-state index < -0.39 is 0 Å². The summed E-state index contributed by atoms with van der Waals surface area (Å²) < 4.78 is 6.07. The second-order valence-corrected chi connectivity index (χ2v) is 6.68. The van der Waals surface area contributed by atoms with Gasteiger partial charge in [-0.05, 0) is 48.2 Å². The minimum Gasteiger partial charge on any atom is -0.457 e. The number of nitrogens with two attached hydrogens (primary N) is 1. The van der Waals surface area contributed by atoms with Gasteiger partial charge in [-0.15, -0.1) is 0 Å². The molecule has 0 atom stereocenters. The Bertz CT molecular complexity index is 654. The molecular formula is C18H21NOS. The van der Waals surface area contributed by atoms with Gasteiger partial charge in [-0.2, -0.15) is 0 Å². The van der Waals surface area contributed by atoms with Gasteiger partial charge in [0, 0.05) is 11.1 Å². The molecule has 110 valence electrons. The van der Waals surface area contributed by atoms with E-state index in [1.165, 1.54) is 11.1 Å². The lowest BCUT2D eigenvalue weighted by Crippen LogP contribution is -2.12. The molecule has 0 aliphatic heterocycles. The first-order valence-electron chi connectivity index (χ1n) is 6.96. The van der Waals surface area contributed by atoms with Crippen LogP contribution in [0.15, 0.2) is 42.5 Å². The van der Waals surface area contributed by atoms with Crippen LogP contribution in [0.5, 0.6) is 11.5 Å². The van der Waals surface area contributed by atoms with E-state index in [0.29, 0.717) is 4.99 Å². The molecule has 0 radical (unpaired) electrons. The summed E-state index contributed by atoms with van der Waals surface area (Å²) in [6.45, 7) is 8.61. The largest absolute Gasteiger partial charge is 0.457 e. The summed E-state index contributed by atoms with van der Waals surface area (Å²) in [5.74, 6) is 1.68. The molecule has 0 saturated carbocycles. The Balaban J connectivity index is 2.34. The Hall–Kier alpha value is -1.87. The minimum absolute atomic E-state index is 0.0296. The third kappa shape index (κ3) is 3.82. The van der Waals surface area contributed by atoms with Gasteiger partial charge in [-0.1, -0.05) is 45.1 Å². The average molecular weight is 299 g/mol. The van der Waals surface area contributed by atoms with Crippen LogP contribution in [0.1, 0.15) is 37.5 Å². The zero-order chi connectivity index (χ0) is 15.6. The lowest BCUT2D eigenvalue weighted by molar-refractivity contribution is 0.455. The number of ether oxygens (including phenoxy) is 1. The smallest absolute Gasteiger partial charge is 0.131 e. The van der Waals surface area contributed by atoms with E-state index in [0.717, 1.165) is 17.1 Å². The quantitative estimate of drug-likeness (QED) is 0.833. The van der Waals surface area contributed by atoms with Crippen LogP contribution in [0, 0.1) is 6.92 Å². The van der Waals surface area contributed by atoms with Crippen LogP contribution in [0.3, 0.4) is 0 Å². The molecule has 0 amide bonds. The van der Waals surface area contributed by atoms with Gasteiger partial charge in [0.2, 0.25) is 0 Å². The van der Waals surface area contributed by atoms with Crippen molar-refractivity contribution in [3.05, 3.63) is 59.2 Å². The molecule has 0 heterocycles. The number of aryl methyl sites for hydroxylation is 1. The summed E-state index contributed by atoms with van der Waals surface area (Å²) in [5.41, 5.74) is 8.85. The van der Waals surface area contributed by atoms with Crippen molar-refractivity contribution in [3.63, 3.8) is 0 Å². The molecule has 0 aliphatic rings. The second kappa shape index (κ2) is 5.86. The van der Waals surface area contributed by atoms with Crippen molar-refractivity contribution >= 4 is 17.2 Å². The number of hydrogen-bond donors (Lipinski definition) is 1. The van der Waals surface area contributed by atoms with Crippen molar-refractivity contribution in [3.8, 4) is 11.5 Å². The van der Waals surface area contributed by atoms with Crippen molar-refractivity contribution in [2.75, 3.05) is 0 Å². The highest BCUT2D eigenvalue weighted by atomic mass is 32.1. The number of benzene rings is 2. The van der Waals surface area contributed by atoms with Crippen molar-refractivity contribution < 1.29 is 4.74 Å². The van der Waals surface area contributed by atoms with Crippen LogP contribution in [0.25, 0.3) is 0 Å². The fourth-order valence-corrected chi connectivity index (χ4v) is 2.28. The fourth-order valence-electron chi connectivity index (χ4n) is 2.15. The van der Waals surface area contributed by atoms with Crippen LogP contribution < -0.4 is 10.5 Å². The topological polar surface area (TPSA) is 35.2 Å². The van der Waals surface area contributed by atoms with Gasteiger partial charge in [0.15, 0.2) is 0 Å². The molecule has 21 heavy (non-hydrogen) atoms. The third-order valence-electron chi connectivity index (χ3n) is 3.31. The third-order valence-corrected chi connectivity index (χ3v) is 3.55. The Labute approximate surface area is 131 Å². The van der Waals surface area contributed by atoms with Crippen molar-refractivity contribution in [2.45, 2.75) is 33.1 Å². The molecule has 0 saturated heterocycles. The normalized spacial score (nSPS) is 11.2. The summed E-state index contributed by atoms with van der Waals surface area (Å²) in [6.07, 6.45) is 0. The summed E-state index contributed by atoms with van der Waals surface area (Å²) >= 11 is 4.96. The maximum Gasteiger partial charge on any atom is 0.131 e. The van der Waals surface area contributed by atoms with Crippen LogP contribution in [-0.4, -0.2) is 4.99 Å². The van der Waals surface area contributed by atoms with Gasteiger partial charge in [0.05, 0.1) is 0 Å². The van der Waals surface area contributed by atoms with E-state index in [4.69, 9.17) is 22.7 Å². The predicted molar refractivity (Wildman–Crippen MR) is 92.3 cm³/mol. The minimum atomic E-state index is 0.0296. The van der Waals surface area contributed by atoms with Gasteiger partial charge >= 0.3 is 0 Å². The maximum atomic E-state index is 6.07. The van der Waals surface area contributed by atoms with E-state index in [1.54, 1.807) is 0 Å². The SMILES string of the molecule is Cc1ccc(C(C)(C)C)c(Oc2ccc(C(N)=S)cc2)c1. The van der Waals surface area contributed by atoms with E-state index in [1.807, 2.05) is 24.3 Å². The van der Waals surface area contributed by atoms with E-state index in [2.05, 4.69) is 45.9 Å². The summed E-state index contributed by atoms with van der Waals surface area (Å²) in [5, 5.41) is 0. The van der Waals surface area contributed by atoms with Gasteiger partial charge in [0.1, 0.15) is 16.5 Å². The molecule has 2 aromatic carbocycles. The Morgan fingerprint density at radius 3 is 2.19 bits per heavy atom. The molecule has 2 N–H and O–H groups in total. The molecule has 0 spiro atoms. The average Bonchev–Trinajstić information content (AvgIpc) is 2.38. The summed E-state index contributed by atoms with van der Waals surface area (Å²) in [7, 11) is 0. The van der Waals surface area contributed by atoms with Crippen molar-refractivity contribution in [1.29, 1.82) is 0 Å². The maximum absolute atomic E-state index is 6.07. The van der Waals surface area contributed by atoms with E-state index in [-0.39, 0.29) is 5.41 Å². The fraction of sp³-hybridized carbons (Fsp3) is 0.278. The van der Waals surface area contributed by atoms with Crippen LogP contribution >= 0.6 is 12.2 Å². The van der Waals surface area contributed by atoms with Gasteiger partial charge in [-0.3, -0.25) is 0 Å². The molecule has 0 unspecified atom stereocenters. The number of rotatable bonds is 3. The highest BCUT2D eigenvalue weighted by Gasteiger charge is 2.19. The van der Waals surface area contributed by atoms with E-state index >= 15 is 0 Å². The van der Waals surface area contributed by atoms with Gasteiger partial charge in [-0.25, -0.2) is 0 Å². The zero-order valence-electron chi connectivity index (χ0n) is 12.9. The highest BCUT2D eigenvalue weighted by Crippen LogP contribution is 2.34. The Morgan fingerprint density at radius 1 is 1.05 bits per heavy atom. The Kier molecular flexibility index (Phi) is 4.33. The van der Waals surface area contributed by atoms with Crippen molar-refractivity contribution in [2.24, 2.45) is 5.73 Å². The number of thiocarbonyl (C=S) groups is 1. The zero-order valence-corrected chi connectivity index (χ0v) is 13.8. The summed E-state index contributed by atoms with van der Waals surface area (Å²) in [4.78, 5) is 0.396. The molecule has 0 bridgehead atoms. The van der Waals surface area contributed by atoms with E-state index in [9.17, 15) is 0 Å². The molecule has 2 nitrogen and oxygen atoms in total. The van der Waals surface area contributed by atoms with Gasteiger partial charge in [0.25, 0.3) is 0 Å². The van der Waals surface area contributed by atoms with Gasteiger partial charge < -0.3 is 10.5 Å². The molecular weight excluding hydrogens is 278 g/mol. The molecule has 0 fully saturated rings. The lowest BCUT2D eigenvalue weighted by Gasteiger charge is -2.23. The first kappa shape index (κ1) is 15.5. The van der Waals surface area contributed by atoms with Crippen LogP contribution in [-0.2, 0) is 5.41 Å². The second-order valence-electron chi connectivity index (χ2n) is 6.24. The predicted octanol–water partition coefficient (Wildman–Crippen LogP) is 4.72. The van der Waals surface area contributed by atoms with Crippen LogP contribution in [0.4, 0.5) is 0 Å². The van der Waals surface area contributed by atoms with Crippen LogP contribution in [0.2, 0.25) is 0 Å². The lowest BCUT2D eigenvalue weighted by atomic mass is 9.86. The molecule has 2 aromatic rings. The first-order valence-corrected chi connectivity index (χ1v) is 7.37. The first-order chi connectivity index (χ1) is 9.77. The molecule has 0 aliphatic carbocycles. The molecule has 3 heteroatoms. The molecule has 2 rings (SSSR count). The number of hydrogen-bond acceptors (Lipinski definition) is 2. The highest BCUT2D eigenvalue weighted by molar-refractivity contribution is 7.80.